The summed E-state index contributed by atoms with van der Waals surface area (Å²) in [7, 11) is 0. The first-order chi connectivity index (χ1) is 4.57. The maximum absolute atomic E-state index is 2.33. The molecule has 0 amide bonds. The monoisotopic (exact) mass is 141 g/mol. The van der Waals surface area contributed by atoms with Gasteiger partial charge in [0.05, 0.1) is 0 Å². The summed E-state index contributed by atoms with van der Waals surface area (Å²) < 4.78 is 0. The Morgan fingerprint density at radius 2 is 1.70 bits per heavy atom. The van der Waals surface area contributed by atoms with Crippen molar-refractivity contribution in [1.82, 2.24) is 0 Å². The lowest BCUT2D eigenvalue weighted by Gasteiger charge is -2.18. The third kappa shape index (κ3) is 3.92. The molecule has 0 aliphatic carbocycles. The first kappa shape index (κ1) is 10.0. The normalized spacial score (nSPS) is 17.4. The Kier molecular flexibility index (Phi) is 4.76. The van der Waals surface area contributed by atoms with Crippen molar-refractivity contribution >= 4 is 0 Å². The van der Waals surface area contributed by atoms with E-state index in [-0.39, 0.29) is 0 Å². The van der Waals surface area contributed by atoms with Gasteiger partial charge in [-0.05, 0) is 24.2 Å². The molecule has 2 unspecified atom stereocenters. The Morgan fingerprint density at radius 3 is 2.00 bits per heavy atom. The molecule has 1 radical (unpaired) electrons. The van der Waals surface area contributed by atoms with Crippen LogP contribution in [-0.2, 0) is 0 Å². The maximum Gasteiger partial charge on any atom is -0.0275 e. The highest BCUT2D eigenvalue weighted by atomic mass is 14.2. The zero-order valence-electron chi connectivity index (χ0n) is 8.07. The van der Waals surface area contributed by atoms with Crippen molar-refractivity contribution in [3.05, 3.63) is 5.92 Å². The molecule has 0 N–H and O–H groups in total. The molecule has 0 spiro atoms. The van der Waals surface area contributed by atoms with Crippen molar-refractivity contribution in [2.45, 2.75) is 47.5 Å². The zero-order valence-corrected chi connectivity index (χ0v) is 8.07. The Labute approximate surface area is 66.0 Å². The van der Waals surface area contributed by atoms with Crippen molar-refractivity contribution in [3.8, 4) is 0 Å². The van der Waals surface area contributed by atoms with Gasteiger partial charge in [-0.25, -0.2) is 0 Å². The first-order valence-corrected chi connectivity index (χ1v) is 4.38. The van der Waals surface area contributed by atoms with E-state index in [1.54, 1.807) is 5.92 Å². The minimum Gasteiger partial charge on any atom is -0.0651 e. The molecule has 0 aliphatic heterocycles. The van der Waals surface area contributed by atoms with Crippen LogP contribution in [0.3, 0.4) is 0 Å². The van der Waals surface area contributed by atoms with Crippen molar-refractivity contribution in [2.75, 3.05) is 0 Å². The van der Waals surface area contributed by atoms with Crippen molar-refractivity contribution in [2.24, 2.45) is 11.8 Å². The fourth-order valence-corrected chi connectivity index (χ4v) is 1.01. The standard InChI is InChI=1S/C10H21/c1-6-9(4)7-10(5)8(2)3/h9-10H,6-7H2,1-5H3. The predicted molar refractivity (Wildman–Crippen MR) is 47.8 cm³/mol. The Bertz CT molecular complexity index is 74.1. The van der Waals surface area contributed by atoms with Crippen molar-refractivity contribution in [1.29, 1.82) is 0 Å². The highest BCUT2D eigenvalue weighted by Gasteiger charge is 2.10. The van der Waals surface area contributed by atoms with Crippen LogP contribution in [0.1, 0.15) is 47.5 Å². The van der Waals surface area contributed by atoms with E-state index in [0.29, 0.717) is 0 Å². The van der Waals surface area contributed by atoms with Crippen LogP contribution in [0.25, 0.3) is 0 Å². The molecule has 0 rings (SSSR count). The van der Waals surface area contributed by atoms with E-state index in [1.165, 1.54) is 12.8 Å². The topological polar surface area (TPSA) is 0 Å². The van der Waals surface area contributed by atoms with Gasteiger partial charge in [0.2, 0.25) is 0 Å². The average molecular weight is 141 g/mol. The molecule has 0 nitrogen and oxygen atoms in total. The van der Waals surface area contributed by atoms with Crippen LogP contribution < -0.4 is 0 Å². The quantitative estimate of drug-likeness (QED) is 0.560. The summed E-state index contributed by atoms with van der Waals surface area (Å²) in [5.74, 6) is 3.28. The van der Waals surface area contributed by atoms with Gasteiger partial charge in [-0.3, -0.25) is 0 Å². The summed E-state index contributed by atoms with van der Waals surface area (Å²) in [6, 6.07) is 0. The van der Waals surface area contributed by atoms with Gasteiger partial charge in [0.15, 0.2) is 0 Å². The van der Waals surface area contributed by atoms with E-state index >= 15 is 0 Å². The minimum absolute atomic E-state index is 0.815. The third-order valence-corrected chi connectivity index (χ3v) is 2.44. The molecule has 0 aromatic carbocycles. The van der Waals surface area contributed by atoms with E-state index in [2.05, 4.69) is 34.6 Å². The fourth-order valence-electron chi connectivity index (χ4n) is 1.01. The summed E-state index contributed by atoms with van der Waals surface area (Å²) in [4.78, 5) is 0. The molecule has 0 heteroatoms. The molecule has 0 aromatic rings. The van der Waals surface area contributed by atoms with E-state index < -0.39 is 0 Å². The van der Waals surface area contributed by atoms with Gasteiger partial charge < -0.3 is 0 Å². The van der Waals surface area contributed by atoms with E-state index in [9.17, 15) is 0 Å². The molecule has 0 heterocycles. The Balaban J connectivity index is 3.46. The summed E-state index contributed by atoms with van der Waals surface area (Å²) in [5, 5.41) is 0. The molecule has 0 bridgehead atoms. The molecular weight excluding hydrogens is 120 g/mol. The number of hydrogen-bond acceptors (Lipinski definition) is 0. The fraction of sp³-hybridized carbons (Fsp3) is 0.900. The van der Waals surface area contributed by atoms with Crippen molar-refractivity contribution in [3.63, 3.8) is 0 Å². The van der Waals surface area contributed by atoms with Crippen LogP contribution >= 0.6 is 0 Å². The largest absolute Gasteiger partial charge is 0.0651 e. The average Bonchev–Trinajstić information content (AvgIpc) is 1.87. The molecule has 61 valence electrons. The molecular formula is C10H21. The van der Waals surface area contributed by atoms with Gasteiger partial charge in [-0.2, -0.15) is 0 Å². The third-order valence-electron chi connectivity index (χ3n) is 2.44. The Hall–Kier alpha value is 0. The predicted octanol–water partition coefficient (Wildman–Crippen LogP) is 3.67. The van der Waals surface area contributed by atoms with Crippen LogP contribution in [0.5, 0.6) is 0 Å². The van der Waals surface area contributed by atoms with Gasteiger partial charge in [0, 0.05) is 0 Å². The lowest BCUT2D eigenvalue weighted by Crippen LogP contribution is -2.06. The smallest absolute Gasteiger partial charge is 0.0275 e. The molecule has 0 saturated heterocycles. The van der Waals surface area contributed by atoms with Crippen LogP contribution in [-0.4, -0.2) is 0 Å². The number of hydrogen-bond donors (Lipinski definition) is 0. The summed E-state index contributed by atoms with van der Waals surface area (Å²) in [6.07, 6.45) is 2.68. The Morgan fingerprint density at radius 1 is 1.20 bits per heavy atom. The number of rotatable bonds is 4. The molecule has 0 fully saturated rings. The highest BCUT2D eigenvalue weighted by Crippen LogP contribution is 2.22. The van der Waals surface area contributed by atoms with Crippen molar-refractivity contribution < 1.29 is 0 Å². The van der Waals surface area contributed by atoms with Crippen LogP contribution in [0, 0.1) is 17.8 Å². The van der Waals surface area contributed by atoms with Crippen LogP contribution in [0.4, 0.5) is 0 Å². The van der Waals surface area contributed by atoms with Gasteiger partial charge in [-0.15, -0.1) is 0 Å². The van der Waals surface area contributed by atoms with E-state index in [4.69, 9.17) is 0 Å². The van der Waals surface area contributed by atoms with Gasteiger partial charge >= 0.3 is 0 Å². The SMILES string of the molecule is CCC(C)CC(C)[C](C)C. The molecule has 0 saturated carbocycles. The second-order valence-corrected chi connectivity index (χ2v) is 3.73. The first-order valence-electron chi connectivity index (χ1n) is 4.38. The summed E-state index contributed by atoms with van der Waals surface area (Å²) in [5.41, 5.74) is 0. The van der Waals surface area contributed by atoms with Crippen LogP contribution in [0.15, 0.2) is 0 Å². The minimum atomic E-state index is 0.815. The molecule has 0 aromatic heterocycles. The summed E-state index contributed by atoms with van der Waals surface area (Å²) in [6.45, 7) is 11.4. The second-order valence-electron chi connectivity index (χ2n) is 3.73. The second kappa shape index (κ2) is 4.76. The van der Waals surface area contributed by atoms with Gasteiger partial charge in [-0.1, -0.05) is 41.0 Å². The van der Waals surface area contributed by atoms with Gasteiger partial charge in [0.25, 0.3) is 0 Å². The van der Waals surface area contributed by atoms with Gasteiger partial charge in [0.1, 0.15) is 0 Å². The van der Waals surface area contributed by atoms with Crippen LogP contribution in [0.2, 0.25) is 0 Å². The summed E-state index contributed by atoms with van der Waals surface area (Å²) >= 11 is 0. The lowest BCUT2D eigenvalue weighted by atomic mass is 9.88. The molecule has 2 atom stereocenters. The zero-order chi connectivity index (χ0) is 8.15. The highest BCUT2D eigenvalue weighted by molar-refractivity contribution is 4.84. The maximum atomic E-state index is 2.33. The van der Waals surface area contributed by atoms with E-state index in [1.807, 2.05) is 0 Å². The lowest BCUT2D eigenvalue weighted by molar-refractivity contribution is 0.417. The molecule has 10 heavy (non-hydrogen) atoms. The molecule has 0 aliphatic rings. The van der Waals surface area contributed by atoms with E-state index in [0.717, 1.165) is 11.8 Å².